The second-order valence-corrected chi connectivity index (χ2v) is 20.2. The summed E-state index contributed by atoms with van der Waals surface area (Å²) in [4.78, 5) is 51.2. The topological polar surface area (TPSA) is 175 Å². The van der Waals surface area contributed by atoms with E-state index in [0.29, 0.717) is 19.3 Å². The zero-order chi connectivity index (χ0) is 58.9. The highest BCUT2D eigenvalue weighted by molar-refractivity contribution is 5.74. The van der Waals surface area contributed by atoms with Gasteiger partial charge in [0.15, 0.2) is 24.6 Å². The van der Waals surface area contributed by atoms with E-state index in [1.165, 1.54) is 0 Å². The lowest BCUT2D eigenvalue weighted by atomic mass is 9.98. The van der Waals surface area contributed by atoms with Gasteiger partial charge in [0.05, 0.1) is 6.61 Å². The van der Waals surface area contributed by atoms with E-state index in [9.17, 15) is 34.5 Å². The molecule has 6 atom stereocenters. The van der Waals surface area contributed by atoms with Crippen LogP contribution < -0.4 is 0 Å². The molecule has 1 fully saturated rings. The second-order valence-electron chi connectivity index (χ2n) is 20.2. The van der Waals surface area contributed by atoms with Gasteiger partial charge in [-0.15, -0.1) is 0 Å². The van der Waals surface area contributed by atoms with Gasteiger partial charge in [-0.3, -0.25) is 14.4 Å². The molecular formula is C69H106O12. The summed E-state index contributed by atoms with van der Waals surface area (Å²) in [7, 11) is 0. The molecule has 0 aromatic rings. The number of aliphatic carboxylic acids is 1. The normalized spacial score (nSPS) is 18.8. The van der Waals surface area contributed by atoms with E-state index in [0.717, 1.165) is 154 Å². The molecule has 0 aliphatic carbocycles. The molecular weight excluding hydrogens is 1020 g/mol. The zero-order valence-corrected chi connectivity index (χ0v) is 50.0. The van der Waals surface area contributed by atoms with Crippen LogP contribution in [0, 0.1) is 0 Å². The van der Waals surface area contributed by atoms with E-state index in [1.54, 1.807) is 0 Å². The number of unbranched alkanes of at least 4 members (excludes halogenated alkanes) is 12. The van der Waals surface area contributed by atoms with Crippen molar-refractivity contribution in [1.29, 1.82) is 0 Å². The van der Waals surface area contributed by atoms with Crippen LogP contribution in [0.2, 0.25) is 0 Å². The Kier molecular flexibility index (Phi) is 50.1. The summed E-state index contributed by atoms with van der Waals surface area (Å²) in [5.74, 6) is -3.24. The molecule has 0 amide bonds. The quantitative estimate of drug-likeness (QED) is 0.0228. The first-order chi connectivity index (χ1) is 39.6. The highest BCUT2D eigenvalue weighted by atomic mass is 16.7. The maximum atomic E-state index is 13.2. The van der Waals surface area contributed by atoms with E-state index in [2.05, 4.69) is 167 Å². The number of allylic oxidation sites excluding steroid dienone is 24. The van der Waals surface area contributed by atoms with Crippen LogP contribution in [0.3, 0.4) is 0 Å². The van der Waals surface area contributed by atoms with Crippen molar-refractivity contribution in [3.8, 4) is 0 Å². The Hall–Kier alpha value is -5.40. The summed E-state index contributed by atoms with van der Waals surface area (Å²) in [6.45, 7) is 5.58. The van der Waals surface area contributed by atoms with Crippen molar-refractivity contribution < 1.29 is 58.2 Å². The van der Waals surface area contributed by atoms with Crippen LogP contribution in [-0.4, -0.2) is 89.2 Å². The number of aliphatic hydroxyl groups is 2. The van der Waals surface area contributed by atoms with Gasteiger partial charge in [-0.1, -0.05) is 205 Å². The molecule has 12 nitrogen and oxygen atoms in total. The second kappa shape index (κ2) is 55.2. The number of carboxylic acids is 1. The van der Waals surface area contributed by atoms with E-state index in [-0.39, 0.29) is 25.9 Å². The molecule has 1 saturated heterocycles. The summed E-state index contributed by atoms with van der Waals surface area (Å²) in [5, 5.41) is 31.5. The molecule has 0 saturated carbocycles. The van der Waals surface area contributed by atoms with Crippen molar-refractivity contribution in [2.75, 3.05) is 13.2 Å². The number of rotatable bonds is 50. The van der Waals surface area contributed by atoms with Gasteiger partial charge in [-0.05, 0) is 135 Å². The fourth-order valence-electron chi connectivity index (χ4n) is 8.28. The van der Waals surface area contributed by atoms with Crippen molar-refractivity contribution in [1.82, 2.24) is 0 Å². The molecule has 1 aliphatic heterocycles. The largest absolute Gasteiger partial charge is 0.479 e. The first-order valence-electron chi connectivity index (χ1n) is 30.8. The number of hydrogen-bond donors (Lipinski definition) is 3. The lowest BCUT2D eigenvalue weighted by molar-refractivity contribution is -0.301. The minimum absolute atomic E-state index is 0.0116. The maximum absolute atomic E-state index is 13.2. The Bertz CT molecular complexity index is 1960. The van der Waals surface area contributed by atoms with Gasteiger partial charge in [0.1, 0.15) is 18.8 Å². The first-order valence-corrected chi connectivity index (χ1v) is 30.8. The van der Waals surface area contributed by atoms with Crippen LogP contribution in [-0.2, 0) is 42.9 Å². The molecule has 0 spiro atoms. The molecule has 0 aromatic heterocycles. The van der Waals surface area contributed by atoms with Gasteiger partial charge >= 0.3 is 23.9 Å². The van der Waals surface area contributed by atoms with Gasteiger partial charge in [0.2, 0.25) is 0 Å². The molecule has 3 N–H and O–H groups in total. The Morgan fingerprint density at radius 3 is 1.14 bits per heavy atom. The summed E-state index contributed by atoms with van der Waals surface area (Å²) in [5.41, 5.74) is 0. The fourth-order valence-corrected chi connectivity index (χ4v) is 8.28. The molecule has 6 unspecified atom stereocenters. The molecule has 0 radical (unpaired) electrons. The number of carbonyl (C=O) groups is 4. The predicted molar refractivity (Wildman–Crippen MR) is 330 cm³/mol. The monoisotopic (exact) mass is 1130 g/mol. The van der Waals surface area contributed by atoms with Gasteiger partial charge < -0.3 is 39.0 Å². The molecule has 1 aliphatic rings. The number of hydrogen-bond acceptors (Lipinski definition) is 11. The number of carboxylic acid groups (broad SMARTS) is 1. The third-order valence-electron chi connectivity index (χ3n) is 12.9. The number of aliphatic hydroxyl groups excluding tert-OH is 2. The molecule has 81 heavy (non-hydrogen) atoms. The van der Waals surface area contributed by atoms with Gasteiger partial charge in [0.25, 0.3) is 0 Å². The highest BCUT2D eigenvalue weighted by Crippen LogP contribution is 2.26. The molecule has 12 heteroatoms. The zero-order valence-electron chi connectivity index (χ0n) is 50.0. The smallest absolute Gasteiger partial charge is 0.335 e. The van der Waals surface area contributed by atoms with Crippen LogP contribution >= 0.6 is 0 Å². The van der Waals surface area contributed by atoms with Crippen molar-refractivity contribution >= 4 is 23.9 Å². The lowest BCUT2D eigenvalue weighted by Crippen LogP contribution is -2.61. The maximum Gasteiger partial charge on any atom is 0.335 e. The van der Waals surface area contributed by atoms with E-state index >= 15 is 0 Å². The van der Waals surface area contributed by atoms with Crippen molar-refractivity contribution in [3.63, 3.8) is 0 Å². The van der Waals surface area contributed by atoms with Gasteiger partial charge in [-0.2, -0.15) is 0 Å². The number of carbonyl (C=O) groups excluding carboxylic acids is 3. The van der Waals surface area contributed by atoms with Crippen molar-refractivity contribution in [3.05, 3.63) is 146 Å². The predicted octanol–water partition coefficient (Wildman–Crippen LogP) is 16.3. The average Bonchev–Trinajstić information content (AvgIpc) is 3.46. The van der Waals surface area contributed by atoms with Crippen molar-refractivity contribution in [2.45, 2.75) is 250 Å². The van der Waals surface area contributed by atoms with Crippen LogP contribution in [0.1, 0.15) is 213 Å². The third-order valence-corrected chi connectivity index (χ3v) is 12.9. The van der Waals surface area contributed by atoms with Gasteiger partial charge in [-0.25, -0.2) is 4.79 Å². The Morgan fingerprint density at radius 1 is 0.407 bits per heavy atom. The number of ether oxygens (including phenoxy) is 5. The summed E-state index contributed by atoms with van der Waals surface area (Å²) in [6.07, 6.45) is 66.7. The lowest BCUT2D eigenvalue weighted by Gasteiger charge is -2.40. The Balaban J connectivity index is 2.73. The van der Waals surface area contributed by atoms with Crippen LogP contribution in [0.5, 0.6) is 0 Å². The summed E-state index contributed by atoms with van der Waals surface area (Å²) < 4.78 is 28.4. The number of esters is 3. The third kappa shape index (κ3) is 44.9. The first kappa shape index (κ1) is 73.6. The molecule has 0 bridgehead atoms. The summed E-state index contributed by atoms with van der Waals surface area (Å²) >= 11 is 0. The van der Waals surface area contributed by atoms with E-state index < -0.39 is 67.3 Å². The van der Waals surface area contributed by atoms with E-state index in [4.69, 9.17) is 23.7 Å². The van der Waals surface area contributed by atoms with Crippen molar-refractivity contribution in [2.24, 2.45) is 0 Å². The van der Waals surface area contributed by atoms with E-state index in [1.807, 2.05) is 0 Å². The standard InChI is InChI=1S/C69H106O12/c1-4-7-10-13-16-19-22-25-27-29-31-33-35-38-40-43-46-49-52-55-61(70)77-58-60(79-62(71)56-53-50-47-44-42-39-36-34-32-30-28-26-23-20-17-14-11-8-5-2)59-78-69-67(65(74)64(73)66(81-69)68(75)76)80-63(72)57-54-51-48-45-41-37-24-21-18-15-12-9-6-3/h7-12,16-21,25-28,31-34,37-38,40-41,60,64-67,69,73-74H,4-6,13-15,22-24,29-30,35-36,39,42-59H2,1-3H3,(H,75,76)/b10-7-,11-8-,12-9-,19-16-,20-17-,21-18-,27-25-,28-26-,33-31-,34-32-,40-38-,41-37-. The van der Waals surface area contributed by atoms with Crippen LogP contribution in [0.4, 0.5) is 0 Å². The molecule has 1 rings (SSSR count). The Morgan fingerprint density at radius 2 is 0.741 bits per heavy atom. The Labute approximate surface area is 489 Å². The minimum Gasteiger partial charge on any atom is -0.479 e. The summed E-state index contributed by atoms with van der Waals surface area (Å²) in [6, 6.07) is 0. The molecule has 1 heterocycles. The average molecular weight is 1130 g/mol. The van der Waals surface area contributed by atoms with Crippen LogP contribution in [0.25, 0.3) is 0 Å². The minimum atomic E-state index is -1.93. The van der Waals surface area contributed by atoms with Crippen LogP contribution in [0.15, 0.2) is 146 Å². The van der Waals surface area contributed by atoms with Gasteiger partial charge in [0, 0.05) is 19.3 Å². The fraction of sp³-hybridized carbons (Fsp3) is 0.594. The highest BCUT2D eigenvalue weighted by Gasteiger charge is 2.50. The molecule has 0 aromatic carbocycles. The molecule has 454 valence electrons. The SMILES string of the molecule is CC/C=C\C/C=C\C/C=C\C/C=C\C/C=C\CCCCCC(=O)OCC(COC1OC(C(=O)O)C(O)C(O)C1OC(=O)CCCCC/C=C\C/C=C\C/C=C\CC)OC(=O)CCCCCCCC/C=C\C/C=C\C/C=C\C/C=C\CC.